The van der Waals surface area contributed by atoms with Crippen molar-refractivity contribution >= 4 is 33.3 Å². The topological polar surface area (TPSA) is 71.1 Å². The molecule has 0 radical (unpaired) electrons. The van der Waals surface area contributed by atoms with E-state index < -0.39 is 11.4 Å². The van der Waals surface area contributed by atoms with E-state index >= 15 is 0 Å². The fourth-order valence-corrected chi connectivity index (χ4v) is 7.07. The predicted octanol–water partition coefficient (Wildman–Crippen LogP) is 9.00. The average Bonchev–Trinajstić information content (AvgIpc) is 3.48. The van der Waals surface area contributed by atoms with Crippen molar-refractivity contribution in [3.63, 3.8) is 0 Å². The van der Waals surface area contributed by atoms with Gasteiger partial charge in [0, 0.05) is 12.5 Å². The molecule has 7 rings (SSSR count). The summed E-state index contributed by atoms with van der Waals surface area (Å²) in [5.74, 6) is 0.982. The molecule has 0 spiro atoms. The number of benzene rings is 6. The van der Waals surface area contributed by atoms with Gasteiger partial charge in [-0.25, -0.2) is 4.79 Å². The largest absolute Gasteiger partial charge is 0.491 e. The predicted molar refractivity (Wildman–Crippen MR) is 202 cm³/mol. The van der Waals surface area contributed by atoms with Crippen LogP contribution in [0.1, 0.15) is 28.7 Å². The summed E-state index contributed by atoms with van der Waals surface area (Å²) < 4.78 is 22.5. The maximum absolute atomic E-state index is 11.4. The van der Waals surface area contributed by atoms with Crippen molar-refractivity contribution in [1.82, 2.24) is 0 Å². The minimum absolute atomic E-state index is 0.0283. The summed E-state index contributed by atoms with van der Waals surface area (Å²) in [6.45, 7) is 8.46. The van der Waals surface area contributed by atoms with E-state index in [1.165, 1.54) is 39.5 Å². The summed E-state index contributed by atoms with van der Waals surface area (Å²) in [5.41, 5.74) is 6.74. The first-order valence-corrected chi connectivity index (χ1v) is 17.1. The highest BCUT2D eigenvalue weighted by molar-refractivity contribution is 5.92. The molecule has 254 valence electrons. The molecule has 0 bridgehead atoms. The third-order valence-corrected chi connectivity index (χ3v) is 9.42. The quantitative estimate of drug-likeness (QED) is 0.0614. The van der Waals surface area contributed by atoms with Gasteiger partial charge in [0.25, 0.3) is 0 Å². The number of carbonyl (C=O) groups is 2. The third kappa shape index (κ3) is 6.66. The van der Waals surface area contributed by atoms with Crippen molar-refractivity contribution < 1.29 is 28.5 Å². The maximum atomic E-state index is 11.4. The molecule has 1 aliphatic rings. The van der Waals surface area contributed by atoms with Crippen molar-refractivity contribution in [3.8, 4) is 22.6 Å². The Balaban J connectivity index is 1.23. The highest BCUT2D eigenvalue weighted by Gasteiger charge is 2.46. The van der Waals surface area contributed by atoms with Crippen LogP contribution in [0.15, 0.2) is 147 Å². The number of esters is 1. The van der Waals surface area contributed by atoms with Crippen LogP contribution in [-0.2, 0) is 24.5 Å². The van der Waals surface area contributed by atoms with Gasteiger partial charge in [-0.05, 0) is 97.4 Å². The molecular formula is C45H38O6. The molecule has 6 aromatic rings. The van der Waals surface area contributed by atoms with E-state index in [1.54, 1.807) is 0 Å². The molecule has 0 saturated carbocycles. The Kier molecular flexibility index (Phi) is 9.77. The highest BCUT2D eigenvalue weighted by Crippen LogP contribution is 2.56. The Hall–Kier alpha value is -5.98. The van der Waals surface area contributed by atoms with E-state index in [1.807, 2.05) is 18.2 Å². The number of hydrogen-bond donors (Lipinski definition) is 0. The number of allylic oxidation sites excluding steroid dienone is 1. The molecule has 6 heteroatoms. The normalized spacial score (nSPS) is 12.5. The first kappa shape index (κ1) is 33.5. The molecule has 1 aliphatic carbocycles. The van der Waals surface area contributed by atoms with Crippen molar-refractivity contribution in [2.45, 2.75) is 11.8 Å². The number of carbonyl (C=O) groups excluding carboxylic acids is 2. The molecule has 0 unspecified atom stereocenters. The van der Waals surface area contributed by atoms with Crippen LogP contribution in [0.4, 0.5) is 0 Å². The number of fused-ring (bicyclic) bond motifs is 5. The Morgan fingerprint density at radius 1 is 0.549 bits per heavy atom. The van der Waals surface area contributed by atoms with Crippen LogP contribution in [0.2, 0.25) is 0 Å². The van der Waals surface area contributed by atoms with E-state index in [4.69, 9.17) is 18.9 Å². The summed E-state index contributed by atoms with van der Waals surface area (Å²) in [6.07, 6.45) is 2.78. The van der Waals surface area contributed by atoms with Gasteiger partial charge in [0.05, 0.1) is 18.6 Å². The first-order valence-electron chi connectivity index (χ1n) is 17.1. The molecule has 0 atom stereocenters. The van der Waals surface area contributed by atoms with E-state index in [9.17, 15) is 9.59 Å². The van der Waals surface area contributed by atoms with Crippen molar-refractivity contribution in [2.75, 3.05) is 33.0 Å². The van der Waals surface area contributed by atoms with Gasteiger partial charge in [0.1, 0.15) is 31.3 Å². The van der Waals surface area contributed by atoms with Crippen molar-refractivity contribution in [2.24, 2.45) is 0 Å². The standard InChI is InChI=1S/C45H38O6/c1-3-37(46)21-22-48-23-24-49-38-19-15-31-27-35(17-13-33(31)29-38)45(42-11-7-5-9-40(42)41-10-6-8-12-43(41)45)36-18-14-34-30-39(20-16-32(34)28-36)50-25-26-51-44(47)4-2/h3-20,27-30H,1-2,21-26H2. The minimum Gasteiger partial charge on any atom is -0.491 e. The number of ketones is 1. The van der Waals surface area contributed by atoms with Crippen LogP contribution >= 0.6 is 0 Å². The van der Waals surface area contributed by atoms with Crippen LogP contribution < -0.4 is 9.47 Å². The Morgan fingerprint density at radius 3 is 1.61 bits per heavy atom. The van der Waals surface area contributed by atoms with E-state index in [0.717, 1.165) is 33.4 Å². The van der Waals surface area contributed by atoms with Gasteiger partial charge >= 0.3 is 5.97 Å². The van der Waals surface area contributed by atoms with Gasteiger partial charge in [-0.1, -0.05) is 98.1 Å². The number of rotatable bonds is 15. The molecule has 0 aliphatic heterocycles. The molecule has 0 amide bonds. The molecule has 0 aromatic heterocycles. The Bertz CT molecular complexity index is 2220. The fraction of sp³-hybridized carbons (Fsp3) is 0.156. The van der Waals surface area contributed by atoms with Gasteiger partial charge < -0.3 is 18.9 Å². The minimum atomic E-state index is -0.556. The lowest BCUT2D eigenvalue weighted by molar-refractivity contribution is -0.138. The molecule has 0 saturated heterocycles. The monoisotopic (exact) mass is 674 g/mol. The number of ether oxygens (including phenoxy) is 4. The highest BCUT2D eigenvalue weighted by atomic mass is 16.6. The molecule has 0 N–H and O–H groups in total. The van der Waals surface area contributed by atoms with Crippen LogP contribution in [-0.4, -0.2) is 44.8 Å². The van der Waals surface area contributed by atoms with Crippen LogP contribution in [0.5, 0.6) is 11.5 Å². The lowest BCUT2D eigenvalue weighted by Crippen LogP contribution is -2.28. The van der Waals surface area contributed by atoms with E-state index in [2.05, 4.69) is 116 Å². The molecular weight excluding hydrogens is 636 g/mol. The van der Waals surface area contributed by atoms with Gasteiger partial charge in [-0.15, -0.1) is 0 Å². The second-order valence-corrected chi connectivity index (χ2v) is 12.4. The van der Waals surface area contributed by atoms with E-state index in [-0.39, 0.29) is 19.0 Å². The second-order valence-electron chi connectivity index (χ2n) is 12.4. The zero-order chi connectivity index (χ0) is 35.2. The molecule has 6 aromatic carbocycles. The van der Waals surface area contributed by atoms with Crippen LogP contribution in [0, 0.1) is 0 Å². The van der Waals surface area contributed by atoms with Gasteiger partial charge in [0.15, 0.2) is 5.78 Å². The SMILES string of the molecule is C=CC(=O)CCOCCOc1ccc2cc(C3(c4ccc5cc(OCCOC(=O)C=C)ccc5c4)c4ccccc4-c4ccccc43)ccc2c1. The first-order chi connectivity index (χ1) is 25.0. The van der Waals surface area contributed by atoms with Gasteiger partial charge in [0.2, 0.25) is 0 Å². The zero-order valence-electron chi connectivity index (χ0n) is 28.3. The van der Waals surface area contributed by atoms with Crippen molar-refractivity contribution in [3.05, 3.63) is 169 Å². The van der Waals surface area contributed by atoms with Gasteiger partial charge in [-0.2, -0.15) is 0 Å². The summed E-state index contributed by atoms with van der Waals surface area (Å²) in [7, 11) is 0. The summed E-state index contributed by atoms with van der Waals surface area (Å²) >= 11 is 0. The van der Waals surface area contributed by atoms with Crippen LogP contribution in [0.3, 0.4) is 0 Å². The average molecular weight is 675 g/mol. The summed E-state index contributed by atoms with van der Waals surface area (Å²) in [6, 6.07) is 43.0. The smallest absolute Gasteiger partial charge is 0.330 e. The zero-order valence-corrected chi connectivity index (χ0v) is 28.3. The summed E-state index contributed by atoms with van der Waals surface area (Å²) in [5, 5.41) is 4.34. The molecule has 51 heavy (non-hydrogen) atoms. The summed E-state index contributed by atoms with van der Waals surface area (Å²) in [4.78, 5) is 22.8. The van der Waals surface area contributed by atoms with Gasteiger partial charge in [-0.3, -0.25) is 4.79 Å². The van der Waals surface area contributed by atoms with Crippen molar-refractivity contribution in [1.29, 1.82) is 0 Å². The lowest BCUT2D eigenvalue weighted by atomic mass is 9.67. The second kappa shape index (κ2) is 14.9. The third-order valence-electron chi connectivity index (χ3n) is 9.42. The molecule has 6 nitrogen and oxygen atoms in total. The Labute approximate surface area is 297 Å². The van der Waals surface area contributed by atoms with Crippen LogP contribution in [0.25, 0.3) is 32.7 Å². The maximum Gasteiger partial charge on any atom is 0.330 e. The molecule has 0 heterocycles. The number of hydrogen-bond acceptors (Lipinski definition) is 6. The molecule has 0 fully saturated rings. The van der Waals surface area contributed by atoms with E-state index in [0.29, 0.717) is 32.0 Å². The fourth-order valence-electron chi connectivity index (χ4n) is 7.07. The Morgan fingerprint density at radius 2 is 1.06 bits per heavy atom. The lowest BCUT2D eigenvalue weighted by Gasteiger charge is -2.34.